The second-order valence-electron chi connectivity index (χ2n) is 3.98. The molecule has 0 aliphatic carbocycles. The normalized spacial score (nSPS) is 14.9. The zero-order valence-electron chi connectivity index (χ0n) is 9.04. The van der Waals surface area contributed by atoms with Crippen LogP contribution in [0.15, 0.2) is 24.3 Å². The van der Waals surface area contributed by atoms with Gasteiger partial charge in [0.15, 0.2) is 0 Å². The molecule has 3 heteroatoms. The average Bonchev–Trinajstić information content (AvgIpc) is 2.22. The molecule has 3 N–H and O–H groups in total. The van der Waals surface area contributed by atoms with Gasteiger partial charge in [0, 0.05) is 13.0 Å². The maximum Gasteiger partial charge on any atom is 0.123 e. The first-order valence-electron chi connectivity index (χ1n) is 5.26. The van der Waals surface area contributed by atoms with Crippen molar-refractivity contribution >= 4 is 0 Å². The molecule has 1 rings (SSSR count). The molecule has 0 radical (unpaired) electrons. The van der Waals surface area contributed by atoms with E-state index in [1.165, 1.54) is 12.1 Å². The van der Waals surface area contributed by atoms with Crippen molar-refractivity contribution in [2.24, 2.45) is 5.73 Å². The molecule has 0 heterocycles. The van der Waals surface area contributed by atoms with Gasteiger partial charge >= 0.3 is 0 Å². The van der Waals surface area contributed by atoms with Gasteiger partial charge in [-0.1, -0.05) is 25.5 Å². The van der Waals surface area contributed by atoms with Gasteiger partial charge in [-0.3, -0.25) is 0 Å². The molecule has 1 aromatic rings. The van der Waals surface area contributed by atoms with Crippen molar-refractivity contribution in [3.63, 3.8) is 0 Å². The fraction of sp³-hybridized carbons (Fsp3) is 0.500. The fourth-order valence-electron chi connectivity index (χ4n) is 1.71. The van der Waals surface area contributed by atoms with Crippen molar-refractivity contribution in [3.05, 3.63) is 35.6 Å². The van der Waals surface area contributed by atoms with E-state index in [2.05, 4.69) is 0 Å². The third-order valence-corrected chi connectivity index (χ3v) is 2.54. The Morgan fingerprint density at radius 2 is 1.93 bits per heavy atom. The Kier molecular flexibility index (Phi) is 4.24. The van der Waals surface area contributed by atoms with E-state index in [4.69, 9.17) is 5.73 Å². The molecular weight excluding hydrogens is 193 g/mol. The number of aliphatic hydroxyl groups is 1. The maximum absolute atomic E-state index is 12.7. The summed E-state index contributed by atoms with van der Waals surface area (Å²) in [5.41, 5.74) is 5.61. The molecule has 1 unspecified atom stereocenters. The summed E-state index contributed by atoms with van der Waals surface area (Å²) in [4.78, 5) is 0. The molecule has 0 bridgehead atoms. The second kappa shape index (κ2) is 5.24. The van der Waals surface area contributed by atoms with Crippen LogP contribution >= 0.6 is 0 Å². The van der Waals surface area contributed by atoms with Crippen LogP contribution in [0.3, 0.4) is 0 Å². The number of nitrogens with two attached hydrogens (primary N) is 1. The zero-order chi connectivity index (χ0) is 11.3. The molecule has 15 heavy (non-hydrogen) atoms. The molecular formula is C12H18FNO. The number of hydrogen-bond donors (Lipinski definition) is 2. The maximum atomic E-state index is 12.7. The van der Waals surface area contributed by atoms with Gasteiger partial charge in [-0.15, -0.1) is 0 Å². The Labute approximate surface area is 89.9 Å². The fourth-order valence-corrected chi connectivity index (χ4v) is 1.71. The highest BCUT2D eigenvalue weighted by Gasteiger charge is 2.24. The Morgan fingerprint density at radius 1 is 1.33 bits per heavy atom. The summed E-state index contributed by atoms with van der Waals surface area (Å²) in [6.07, 6.45) is 2.04. The van der Waals surface area contributed by atoms with E-state index in [0.717, 1.165) is 12.0 Å². The zero-order valence-corrected chi connectivity index (χ0v) is 9.04. The van der Waals surface area contributed by atoms with Gasteiger partial charge in [-0.05, 0) is 24.1 Å². The van der Waals surface area contributed by atoms with E-state index in [0.29, 0.717) is 12.8 Å². The highest BCUT2D eigenvalue weighted by Crippen LogP contribution is 2.18. The molecule has 0 saturated heterocycles. The van der Waals surface area contributed by atoms with Crippen molar-refractivity contribution < 1.29 is 9.50 Å². The molecule has 2 nitrogen and oxygen atoms in total. The summed E-state index contributed by atoms with van der Waals surface area (Å²) < 4.78 is 12.7. The van der Waals surface area contributed by atoms with Crippen molar-refractivity contribution in [1.82, 2.24) is 0 Å². The van der Waals surface area contributed by atoms with Crippen LogP contribution in [-0.4, -0.2) is 17.3 Å². The lowest BCUT2D eigenvalue weighted by Gasteiger charge is -2.26. The first-order valence-corrected chi connectivity index (χ1v) is 5.26. The minimum absolute atomic E-state index is 0.234. The highest BCUT2D eigenvalue weighted by molar-refractivity contribution is 5.18. The molecule has 0 aliphatic heterocycles. The van der Waals surface area contributed by atoms with Gasteiger partial charge in [0.2, 0.25) is 0 Å². The smallest absolute Gasteiger partial charge is 0.123 e. The third kappa shape index (κ3) is 3.61. The number of rotatable bonds is 5. The molecule has 1 atom stereocenters. The van der Waals surface area contributed by atoms with Crippen LogP contribution in [0.2, 0.25) is 0 Å². The summed E-state index contributed by atoms with van der Waals surface area (Å²) in [5, 5.41) is 10.1. The van der Waals surface area contributed by atoms with Crippen LogP contribution in [0, 0.1) is 5.82 Å². The van der Waals surface area contributed by atoms with Gasteiger partial charge < -0.3 is 10.8 Å². The van der Waals surface area contributed by atoms with Crippen LogP contribution in [0.1, 0.15) is 25.3 Å². The predicted octanol–water partition coefficient (Wildman–Crippen LogP) is 1.86. The standard InChI is InChI=1S/C12H18FNO/c1-2-7-12(15,9-14)8-10-3-5-11(13)6-4-10/h3-6,15H,2,7-9,14H2,1H3. The van der Waals surface area contributed by atoms with Crippen LogP contribution in [0.25, 0.3) is 0 Å². The summed E-state index contributed by atoms with van der Waals surface area (Å²) in [5.74, 6) is -0.259. The van der Waals surface area contributed by atoms with E-state index in [9.17, 15) is 9.50 Å². The lowest BCUT2D eigenvalue weighted by Crippen LogP contribution is -2.39. The van der Waals surface area contributed by atoms with Crippen LogP contribution in [0.5, 0.6) is 0 Å². The summed E-state index contributed by atoms with van der Waals surface area (Å²) >= 11 is 0. The van der Waals surface area contributed by atoms with Gasteiger partial charge in [0.05, 0.1) is 5.60 Å². The van der Waals surface area contributed by atoms with Crippen molar-refractivity contribution in [1.29, 1.82) is 0 Å². The Morgan fingerprint density at radius 3 is 2.40 bits per heavy atom. The largest absolute Gasteiger partial charge is 0.388 e. The second-order valence-corrected chi connectivity index (χ2v) is 3.98. The van der Waals surface area contributed by atoms with Crippen molar-refractivity contribution in [2.75, 3.05) is 6.54 Å². The van der Waals surface area contributed by atoms with Crippen molar-refractivity contribution in [3.8, 4) is 0 Å². The number of halogens is 1. The van der Waals surface area contributed by atoms with Gasteiger partial charge in [-0.2, -0.15) is 0 Å². The Hall–Kier alpha value is -0.930. The lowest BCUT2D eigenvalue weighted by atomic mass is 9.90. The van der Waals surface area contributed by atoms with E-state index in [1.807, 2.05) is 6.92 Å². The van der Waals surface area contributed by atoms with E-state index >= 15 is 0 Å². The minimum atomic E-state index is -0.855. The van der Waals surface area contributed by atoms with Gasteiger partial charge in [0.25, 0.3) is 0 Å². The molecule has 84 valence electrons. The van der Waals surface area contributed by atoms with Gasteiger partial charge in [0.1, 0.15) is 5.82 Å². The monoisotopic (exact) mass is 211 g/mol. The van der Waals surface area contributed by atoms with Crippen molar-refractivity contribution in [2.45, 2.75) is 31.8 Å². The molecule has 0 spiro atoms. The molecule has 0 fully saturated rings. The van der Waals surface area contributed by atoms with E-state index in [1.54, 1.807) is 12.1 Å². The molecule has 0 aliphatic rings. The summed E-state index contributed by atoms with van der Waals surface area (Å²) in [7, 11) is 0. The molecule has 0 amide bonds. The van der Waals surface area contributed by atoms with Gasteiger partial charge in [-0.25, -0.2) is 4.39 Å². The van der Waals surface area contributed by atoms with Crippen LogP contribution < -0.4 is 5.73 Å². The molecule has 1 aromatic carbocycles. The van der Waals surface area contributed by atoms with E-state index in [-0.39, 0.29) is 12.4 Å². The summed E-state index contributed by atoms with van der Waals surface area (Å²) in [6, 6.07) is 6.17. The topological polar surface area (TPSA) is 46.2 Å². The predicted molar refractivity (Wildman–Crippen MR) is 59.0 cm³/mol. The minimum Gasteiger partial charge on any atom is -0.388 e. The highest BCUT2D eigenvalue weighted by atomic mass is 19.1. The molecule has 0 aromatic heterocycles. The average molecular weight is 211 g/mol. The molecule has 0 saturated carbocycles. The SMILES string of the molecule is CCCC(O)(CN)Cc1ccc(F)cc1. The Bertz CT molecular complexity index is 299. The van der Waals surface area contributed by atoms with E-state index < -0.39 is 5.60 Å². The Balaban J connectivity index is 2.70. The first-order chi connectivity index (χ1) is 7.09. The quantitative estimate of drug-likeness (QED) is 0.781. The third-order valence-electron chi connectivity index (χ3n) is 2.54. The lowest BCUT2D eigenvalue weighted by molar-refractivity contribution is 0.0399. The number of benzene rings is 1. The first kappa shape index (κ1) is 12.1. The van der Waals surface area contributed by atoms with Crippen LogP contribution in [-0.2, 0) is 6.42 Å². The van der Waals surface area contributed by atoms with Crippen LogP contribution in [0.4, 0.5) is 4.39 Å². The summed E-state index contributed by atoms with van der Waals surface area (Å²) in [6.45, 7) is 2.24. The number of hydrogen-bond acceptors (Lipinski definition) is 2.